The van der Waals surface area contributed by atoms with E-state index in [1.54, 1.807) is 0 Å². The number of rotatable bonds is 10. The minimum atomic E-state index is -0.813. The highest BCUT2D eigenvalue weighted by Gasteiger charge is 2.04. The molecule has 0 aliphatic carbocycles. The van der Waals surface area contributed by atoms with Gasteiger partial charge in [-0.05, 0) is 19.3 Å². The number of nitrogens with two attached hydrogens (primary N) is 1. The van der Waals surface area contributed by atoms with Crippen molar-refractivity contribution in [2.75, 3.05) is 6.61 Å². The molecule has 2 amide bonds. The van der Waals surface area contributed by atoms with Gasteiger partial charge in [-0.25, -0.2) is 4.79 Å². The zero-order valence-electron chi connectivity index (χ0n) is 9.82. The van der Waals surface area contributed by atoms with Crippen LogP contribution in [0.3, 0.4) is 0 Å². The van der Waals surface area contributed by atoms with Gasteiger partial charge in [0.15, 0.2) is 0 Å². The van der Waals surface area contributed by atoms with Gasteiger partial charge in [0.25, 0.3) is 0 Å². The summed E-state index contributed by atoms with van der Waals surface area (Å²) >= 11 is 0. The first-order valence-corrected chi connectivity index (χ1v) is 6.01. The fraction of sp³-hybridized carbons (Fsp3) is 0.909. The van der Waals surface area contributed by atoms with E-state index in [0.29, 0.717) is 6.42 Å². The first-order valence-electron chi connectivity index (χ1n) is 6.01. The van der Waals surface area contributed by atoms with Crippen molar-refractivity contribution in [3.8, 4) is 0 Å². The highest BCUT2D eigenvalue weighted by molar-refractivity contribution is 5.71. The lowest BCUT2D eigenvalue weighted by Gasteiger charge is -2.10. The summed E-state index contributed by atoms with van der Waals surface area (Å²) in [5.41, 5.74) is 4.86. The van der Waals surface area contributed by atoms with E-state index >= 15 is 0 Å². The van der Waals surface area contributed by atoms with Crippen LogP contribution in [0.1, 0.15) is 51.4 Å². The number of aliphatic hydroxyl groups excluding tert-OH is 2. The Bertz CT molecular complexity index is 177. The maximum absolute atomic E-state index is 10.4. The summed E-state index contributed by atoms with van der Waals surface area (Å²) in [6.07, 6.45) is 7.12. The third-order valence-corrected chi connectivity index (χ3v) is 2.44. The minimum absolute atomic E-state index is 0.283. The average molecular weight is 232 g/mol. The van der Waals surface area contributed by atoms with Crippen molar-refractivity contribution in [3.63, 3.8) is 0 Å². The number of amides is 2. The number of carbonyl (C=O) groups is 1. The van der Waals surface area contributed by atoms with Gasteiger partial charge in [0.05, 0.1) is 0 Å². The van der Waals surface area contributed by atoms with Crippen LogP contribution in [0.4, 0.5) is 4.79 Å². The number of hydrogen-bond donors (Lipinski definition) is 4. The Kier molecular flexibility index (Phi) is 10.2. The Hall–Kier alpha value is -0.810. The second-order valence-electron chi connectivity index (χ2n) is 4.01. The first kappa shape index (κ1) is 15.2. The van der Waals surface area contributed by atoms with Gasteiger partial charge < -0.3 is 21.3 Å². The molecule has 1 unspecified atom stereocenters. The third kappa shape index (κ3) is 11.3. The molecule has 0 aliphatic rings. The predicted molar refractivity (Wildman–Crippen MR) is 62.7 cm³/mol. The highest BCUT2D eigenvalue weighted by Crippen LogP contribution is 2.09. The SMILES string of the molecule is NC(=O)NC(O)CCCCCCCCCO. The van der Waals surface area contributed by atoms with E-state index < -0.39 is 12.3 Å². The molecule has 16 heavy (non-hydrogen) atoms. The maximum atomic E-state index is 10.4. The van der Waals surface area contributed by atoms with E-state index in [2.05, 4.69) is 5.32 Å². The molecule has 0 aromatic heterocycles. The van der Waals surface area contributed by atoms with Crippen molar-refractivity contribution in [3.05, 3.63) is 0 Å². The lowest BCUT2D eigenvalue weighted by molar-refractivity contribution is 0.132. The summed E-state index contributed by atoms with van der Waals surface area (Å²) in [4.78, 5) is 10.4. The third-order valence-electron chi connectivity index (χ3n) is 2.44. The van der Waals surface area contributed by atoms with Crippen LogP contribution in [0.25, 0.3) is 0 Å². The standard InChI is InChI=1S/C11H24N2O3/c12-11(16)13-10(15)8-6-4-2-1-3-5-7-9-14/h10,14-15H,1-9H2,(H3,12,13,16). The number of carbonyl (C=O) groups excluding carboxylic acids is 1. The summed E-state index contributed by atoms with van der Waals surface area (Å²) < 4.78 is 0. The van der Waals surface area contributed by atoms with E-state index in [1.165, 1.54) is 6.42 Å². The monoisotopic (exact) mass is 232 g/mol. The van der Waals surface area contributed by atoms with Crippen LogP contribution in [0, 0.1) is 0 Å². The minimum Gasteiger partial charge on any atom is -0.396 e. The molecule has 5 nitrogen and oxygen atoms in total. The summed E-state index contributed by atoms with van der Waals surface area (Å²) in [6, 6.07) is -0.684. The largest absolute Gasteiger partial charge is 0.396 e. The van der Waals surface area contributed by atoms with Crippen molar-refractivity contribution in [2.45, 2.75) is 57.6 Å². The molecule has 0 aliphatic heterocycles. The van der Waals surface area contributed by atoms with Crippen LogP contribution in [0.15, 0.2) is 0 Å². The molecular formula is C11H24N2O3. The molecule has 0 heterocycles. The highest BCUT2D eigenvalue weighted by atomic mass is 16.3. The Morgan fingerprint density at radius 3 is 2.06 bits per heavy atom. The molecule has 0 radical (unpaired) electrons. The van der Waals surface area contributed by atoms with Crippen molar-refractivity contribution in [2.24, 2.45) is 5.73 Å². The van der Waals surface area contributed by atoms with Gasteiger partial charge in [0.2, 0.25) is 0 Å². The zero-order chi connectivity index (χ0) is 12.2. The van der Waals surface area contributed by atoms with Gasteiger partial charge in [0, 0.05) is 6.61 Å². The molecule has 96 valence electrons. The van der Waals surface area contributed by atoms with Gasteiger partial charge >= 0.3 is 6.03 Å². The molecule has 0 saturated heterocycles. The summed E-state index contributed by atoms with van der Waals surface area (Å²) in [6.45, 7) is 0.283. The molecule has 0 aromatic rings. The second kappa shape index (κ2) is 10.7. The fourth-order valence-corrected chi connectivity index (χ4v) is 1.57. The molecule has 0 saturated carbocycles. The summed E-state index contributed by atoms with van der Waals surface area (Å²) in [5, 5.41) is 20.0. The average Bonchev–Trinajstić information content (AvgIpc) is 2.21. The first-order chi connectivity index (χ1) is 7.66. The Labute approximate surface area is 97.0 Å². The lowest BCUT2D eigenvalue weighted by Crippen LogP contribution is -2.38. The number of nitrogens with one attached hydrogen (secondary N) is 1. The lowest BCUT2D eigenvalue weighted by atomic mass is 10.1. The Morgan fingerprint density at radius 1 is 1.06 bits per heavy atom. The molecule has 0 rings (SSSR count). The van der Waals surface area contributed by atoms with Crippen LogP contribution >= 0.6 is 0 Å². The molecule has 0 fully saturated rings. The number of urea groups is 1. The van der Waals surface area contributed by atoms with Crippen LogP contribution in [-0.2, 0) is 0 Å². The van der Waals surface area contributed by atoms with Gasteiger partial charge in [0.1, 0.15) is 6.23 Å². The smallest absolute Gasteiger partial charge is 0.314 e. The van der Waals surface area contributed by atoms with E-state index in [0.717, 1.165) is 38.5 Å². The van der Waals surface area contributed by atoms with E-state index in [4.69, 9.17) is 10.8 Å². The molecule has 0 bridgehead atoms. The molecule has 0 spiro atoms. The van der Waals surface area contributed by atoms with Crippen molar-refractivity contribution >= 4 is 6.03 Å². The van der Waals surface area contributed by atoms with E-state index in [-0.39, 0.29) is 6.61 Å². The summed E-state index contributed by atoms with van der Waals surface area (Å²) in [7, 11) is 0. The molecule has 5 N–H and O–H groups in total. The Morgan fingerprint density at radius 2 is 1.56 bits per heavy atom. The molecule has 5 heteroatoms. The van der Waals surface area contributed by atoms with Crippen molar-refractivity contribution in [1.29, 1.82) is 0 Å². The predicted octanol–water partition coefficient (Wildman–Crippen LogP) is 1.09. The van der Waals surface area contributed by atoms with Gasteiger partial charge in [-0.1, -0.05) is 32.1 Å². The number of primary amides is 1. The fourth-order valence-electron chi connectivity index (χ4n) is 1.57. The quantitative estimate of drug-likeness (QED) is 0.335. The van der Waals surface area contributed by atoms with Crippen LogP contribution < -0.4 is 11.1 Å². The number of aliphatic hydroxyl groups is 2. The Balaban J connectivity index is 3.11. The summed E-state index contributed by atoms with van der Waals surface area (Å²) in [5.74, 6) is 0. The van der Waals surface area contributed by atoms with E-state index in [9.17, 15) is 9.90 Å². The number of hydrogen-bond acceptors (Lipinski definition) is 3. The van der Waals surface area contributed by atoms with E-state index in [1.807, 2.05) is 0 Å². The van der Waals surface area contributed by atoms with Gasteiger partial charge in [-0.15, -0.1) is 0 Å². The maximum Gasteiger partial charge on any atom is 0.314 e. The molecule has 1 atom stereocenters. The number of unbranched alkanes of at least 4 members (excludes halogenated alkanes) is 6. The van der Waals surface area contributed by atoms with Gasteiger partial charge in [-0.2, -0.15) is 0 Å². The molecule has 0 aromatic carbocycles. The normalized spacial score (nSPS) is 12.4. The van der Waals surface area contributed by atoms with Crippen molar-refractivity contribution in [1.82, 2.24) is 5.32 Å². The van der Waals surface area contributed by atoms with Crippen LogP contribution in [0.2, 0.25) is 0 Å². The van der Waals surface area contributed by atoms with Gasteiger partial charge in [-0.3, -0.25) is 0 Å². The second-order valence-corrected chi connectivity index (χ2v) is 4.01. The van der Waals surface area contributed by atoms with Crippen LogP contribution in [0.5, 0.6) is 0 Å². The molecular weight excluding hydrogens is 208 g/mol. The topological polar surface area (TPSA) is 95.6 Å². The van der Waals surface area contributed by atoms with Crippen molar-refractivity contribution < 1.29 is 15.0 Å². The van der Waals surface area contributed by atoms with Crippen LogP contribution in [-0.4, -0.2) is 29.1 Å². The zero-order valence-corrected chi connectivity index (χ0v) is 9.82.